The van der Waals surface area contributed by atoms with Crippen LogP contribution in [0, 0.1) is 5.82 Å². The van der Waals surface area contributed by atoms with Crippen molar-refractivity contribution in [1.82, 2.24) is 19.6 Å². The van der Waals surface area contributed by atoms with Gasteiger partial charge >= 0.3 is 0 Å². The highest BCUT2D eigenvalue weighted by molar-refractivity contribution is 6.30. The Morgan fingerprint density at radius 3 is 2.88 bits per heavy atom. The van der Waals surface area contributed by atoms with Gasteiger partial charge in [0.05, 0.1) is 19.9 Å². The second-order valence-electron chi connectivity index (χ2n) is 5.71. The molecular weight excluding hydrogens is 335 g/mol. The Kier molecular flexibility index (Phi) is 3.62. The molecule has 0 amide bonds. The van der Waals surface area contributed by atoms with E-state index in [0.717, 1.165) is 18.5 Å². The van der Waals surface area contributed by atoms with Crippen LogP contribution in [0.3, 0.4) is 0 Å². The molecule has 8 heteroatoms. The molecule has 0 unspecified atom stereocenters. The number of pyridine rings is 1. The highest BCUT2D eigenvalue weighted by Crippen LogP contribution is 2.43. The van der Waals surface area contributed by atoms with Gasteiger partial charge in [0.2, 0.25) is 0 Å². The molecular formula is C16H14ClFN4O2. The van der Waals surface area contributed by atoms with E-state index in [-0.39, 0.29) is 23.0 Å². The van der Waals surface area contributed by atoms with Gasteiger partial charge in [-0.05, 0) is 18.9 Å². The first-order chi connectivity index (χ1) is 11.6. The third kappa shape index (κ3) is 2.40. The lowest BCUT2D eigenvalue weighted by atomic mass is 10.2. The Hall–Kier alpha value is -2.25. The third-order valence-electron chi connectivity index (χ3n) is 4.08. The second-order valence-corrected chi connectivity index (χ2v) is 6.07. The zero-order chi connectivity index (χ0) is 16.8. The molecule has 0 radical (unpaired) electrons. The Morgan fingerprint density at radius 1 is 1.42 bits per heavy atom. The zero-order valence-corrected chi connectivity index (χ0v) is 13.6. The maximum atomic E-state index is 14.4. The van der Waals surface area contributed by atoms with Crippen LogP contribution in [0.5, 0.6) is 5.75 Å². The van der Waals surface area contributed by atoms with Gasteiger partial charge in [-0.1, -0.05) is 11.6 Å². The summed E-state index contributed by atoms with van der Waals surface area (Å²) in [5.74, 6) is 0.456. The zero-order valence-electron chi connectivity index (χ0n) is 12.8. The van der Waals surface area contributed by atoms with Crippen LogP contribution in [-0.4, -0.2) is 31.8 Å². The van der Waals surface area contributed by atoms with E-state index in [9.17, 15) is 4.39 Å². The standard InChI is InChI=1S/C16H14ClFN4O2/c1-24-12-5-13-19-6-11(22(13)21-14(12)8-2-3-8)15-10(18)4-9(7-23)16(17)20-15/h4-6,8,23H,2-3,7H2,1H3. The van der Waals surface area contributed by atoms with Gasteiger partial charge in [-0.2, -0.15) is 5.10 Å². The number of fused-ring (bicyclic) bond motifs is 1. The van der Waals surface area contributed by atoms with E-state index >= 15 is 0 Å². The van der Waals surface area contributed by atoms with Gasteiger partial charge in [0, 0.05) is 17.5 Å². The molecule has 0 bridgehead atoms. The molecule has 3 aromatic heterocycles. The van der Waals surface area contributed by atoms with E-state index in [1.807, 2.05) is 0 Å². The van der Waals surface area contributed by atoms with Crippen LogP contribution >= 0.6 is 11.6 Å². The largest absolute Gasteiger partial charge is 0.495 e. The summed E-state index contributed by atoms with van der Waals surface area (Å²) in [7, 11) is 1.60. The van der Waals surface area contributed by atoms with E-state index < -0.39 is 5.82 Å². The number of rotatable bonds is 4. The summed E-state index contributed by atoms with van der Waals surface area (Å²) in [6, 6.07) is 2.96. The number of aliphatic hydroxyl groups is 1. The molecule has 124 valence electrons. The molecule has 24 heavy (non-hydrogen) atoms. The van der Waals surface area contributed by atoms with Crippen molar-refractivity contribution >= 4 is 17.2 Å². The molecule has 6 nitrogen and oxygen atoms in total. The Balaban J connectivity index is 1.91. The van der Waals surface area contributed by atoms with Crippen LogP contribution in [0.15, 0.2) is 18.3 Å². The number of aliphatic hydroxyl groups excluding tert-OH is 1. The normalized spacial score (nSPS) is 14.3. The maximum Gasteiger partial charge on any atom is 0.157 e. The maximum absolute atomic E-state index is 14.4. The third-order valence-corrected chi connectivity index (χ3v) is 4.41. The highest BCUT2D eigenvalue weighted by atomic mass is 35.5. The average Bonchev–Trinajstić information content (AvgIpc) is 3.35. The van der Waals surface area contributed by atoms with Crippen LogP contribution < -0.4 is 4.74 Å². The summed E-state index contributed by atoms with van der Waals surface area (Å²) in [5.41, 5.74) is 2.06. The van der Waals surface area contributed by atoms with E-state index in [1.54, 1.807) is 17.7 Å². The van der Waals surface area contributed by atoms with Crippen molar-refractivity contribution < 1.29 is 14.2 Å². The molecule has 1 fully saturated rings. The fourth-order valence-electron chi connectivity index (χ4n) is 2.67. The number of imidazole rings is 1. The van der Waals surface area contributed by atoms with Gasteiger partial charge in [0.25, 0.3) is 0 Å². The monoisotopic (exact) mass is 348 g/mol. The van der Waals surface area contributed by atoms with Gasteiger partial charge in [-0.15, -0.1) is 0 Å². The molecule has 0 aromatic carbocycles. The first kappa shape index (κ1) is 15.3. The van der Waals surface area contributed by atoms with Gasteiger partial charge in [0.1, 0.15) is 28.0 Å². The number of hydrogen-bond donors (Lipinski definition) is 1. The summed E-state index contributed by atoms with van der Waals surface area (Å²) in [4.78, 5) is 8.33. The van der Waals surface area contributed by atoms with E-state index in [0.29, 0.717) is 23.0 Å². The van der Waals surface area contributed by atoms with E-state index in [4.69, 9.17) is 21.4 Å². The molecule has 0 saturated heterocycles. The second kappa shape index (κ2) is 5.68. The summed E-state index contributed by atoms with van der Waals surface area (Å²) >= 11 is 6.00. The summed E-state index contributed by atoms with van der Waals surface area (Å²) in [6.07, 6.45) is 3.61. The van der Waals surface area contributed by atoms with Crippen molar-refractivity contribution in [2.24, 2.45) is 0 Å². The Morgan fingerprint density at radius 2 is 2.21 bits per heavy atom. The number of aromatic nitrogens is 4. The lowest BCUT2D eigenvalue weighted by molar-refractivity contribution is 0.281. The highest BCUT2D eigenvalue weighted by Gasteiger charge is 2.30. The van der Waals surface area contributed by atoms with Crippen molar-refractivity contribution in [1.29, 1.82) is 0 Å². The SMILES string of the molecule is COc1cc2ncc(-c3nc(Cl)c(CO)cc3F)n2nc1C1CC1. The Bertz CT molecular complexity index is 939. The molecule has 4 rings (SSSR count). The molecule has 1 aliphatic carbocycles. The molecule has 0 spiro atoms. The van der Waals surface area contributed by atoms with Crippen molar-refractivity contribution in [3.8, 4) is 17.1 Å². The first-order valence-electron chi connectivity index (χ1n) is 7.51. The summed E-state index contributed by atoms with van der Waals surface area (Å²) < 4.78 is 21.3. The van der Waals surface area contributed by atoms with Crippen LogP contribution in [0.25, 0.3) is 17.0 Å². The fraction of sp³-hybridized carbons (Fsp3) is 0.312. The predicted molar refractivity (Wildman–Crippen MR) is 85.6 cm³/mol. The van der Waals surface area contributed by atoms with Crippen LogP contribution in [0.1, 0.15) is 30.0 Å². The van der Waals surface area contributed by atoms with Gasteiger partial charge in [-0.25, -0.2) is 18.9 Å². The van der Waals surface area contributed by atoms with Crippen LogP contribution in [0.4, 0.5) is 4.39 Å². The first-order valence-corrected chi connectivity index (χ1v) is 7.89. The molecule has 1 saturated carbocycles. The number of methoxy groups -OCH3 is 1. The summed E-state index contributed by atoms with van der Waals surface area (Å²) in [6.45, 7) is -0.378. The summed E-state index contributed by atoms with van der Waals surface area (Å²) in [5, 5.41) is 13.8. The smallest absolute Gasteiger partial charge is 0.157 e. The fourth-order valence-corrected chi connectivity index (χ4v) is 2.87. The number of ether oxygens (including phenoxy) is 1. The van der Waals surface area contributed by atoms with Crippen molar-refractivity contribution in [3.05, 3.63) is 40.6 Å². The quantitative estimate of drug-likeness (QED) is 0.734. The lowest BCUT2D eigenvalue weighted by Gasteiger charge is -2.09. The van der Waals surface area contributed by atoms with Gasteiger partial charge in [0.15, 0.2) is 11.5 Å². The Labute approximate surface area is 141 Å². The average molecular weight is 349 g/mol. The minimum Gasteiger partial charge on any atom is -0.495 e. The molecule has 1 aliphatic rings. The molecule has 0 atom stereocenters. The van der Waals surface area contributed by atoms with Gasteiger partial charge in [-0.3, -0.25) is 0 Å². The lowest BCUT2D eigenvalue weighted by Crippen LogP contribution is -2.04. The van der Waals surface area contributed by atoms with Crippen molar-refractivity contribution in [2.75, 3.05) is 7.11 Å². The number of halogens is 2. The minimum absolute atomic E-state index is 0.0455. The number of nitrogens with zero attached hydrogens (tertiary/aromatic N) is 4. The van der Waals surface area contributed by atoms with Crippen molar-refractivity contribution in [2.45, 2.75) is 25.4 Å². The predicted octanol–water partition coefficient (Wildman–Crippen LogP) is 2.96. The number of hydrogen-bond acceptors (Lipinski definition) is 5. The van der Waals surface area contributed by atoms with E-state index in [1.165, 1.54) is 12.3 Å². The molecule has 3 aromatic rings. The van der Waals surface area contributed by atoms with Crippen LogP contribution in [0.2, 0.25) is 5.15 Å². The molecule has 3 heterocycles. The van der Waals surface area contributed by atoms with Crippen LogP contribution in [-0.2, 0) is 6.61 Å². The molecule has 0 aliphatic heterocycles. The molecule has 1 N–H and O–H groups in total. The minimum atomic E-state index is -0.587. The van der Waals surface area contributed by atoms with E-state index in [2.05, 4.69) is 15.1 Å². The van der Waals surface area contributed by atoms with Gasteiger partial charge < -0.3 is 9.84 Å². The van der Waals surface area contributed by atoms with Crippen molar-refractivity contribution in [3.63, 3.8) is 0 Å². The topological polar surface area (TPSA) is 72.5 Å².